The summed E-state index contributed by atoms with van der Waals surface area (Å²) in [5.41, 5.74) is 2.91. The Bertz CT molecular complexity index is 323. The summed E-state index contributed by atoms with van der Waals surface area (Å²) in [6.07, 6.45) is 3.90. The van der Waals surface area contributed by atoms with Crippen molar-refractivity contribution in [3.63, 3.8) is 0 Å². The van der Waals surface area contributed by atoms with Crippen molar-refractivity contribution >= 4 is 0 Å². The van der Waals surface area contributed by atoms with E-state index in [2.05, 4.69) is 48.2 Å². The Kier molecular flexibility index (Phi) is 4.57. The molecule has 0 bridgehead atoms. The van der Waals surface area contributed by atoms with Crippen molar-refractivity contribution in [1.29, 1.82) is 0 Å². The van der Waals surface area contributed by atoms with Crippen LogP contribution in [0.5, 0.6) is 0 Å². The molecule has 1 aromatic carbocycles. The van der Waals surface area contributed by atoms with Crippen LogP contribution in [0.25, 0.3) is 0 Å². The molecule has 1 aliphatic rings. The van der Waals surface area contributed by atoms with Gasteiger partial charge in [-0.15, -0.1) is 0 Å². The number of benzene rings is 1. The second-order valence-corrected chi connectivity index (χ2v) is 5.35. The van der Waals surface area contributed by atoms with Gasteiger partial charge >= 0.3 is 0 Å². The van der Waals surface area contributed by atoms with E-state index in [1.165, 1.54) is 37.1 Å². The summed E-state index contributed by atoms with van der Waals surface area (Å²) in [6, 6.07) is 9.16. The summed E-state index contributed by atoms with van der Waals surface area (Å²) in [5, 5.41) is 0. The highest BCUT2D eigenvalue weighted by Gasteiger charge is 2.11. The molecule has 17 heavy (non-hydrogen) atoms. The maximum atomic E-state index is 2.55. The average Bonchev–Trinajstić information content (AvgIpc) is 2.81. The lowest BCUT2D eigenvalue weighted by molar-refractivity contribution is 0.331. The molecule has 0 amide bonds. The van der Waals surface area contributed by atoms with E-state index in [4.69, 9.17) is 0 Å². The summed E-state index contributed by atoms with van der Waals surface area (Å²) < 4.78 is 0. The molecular weight excluding hydrogens is 208 g/mol. The SMILES string of the molecule is CN(C)CCc1ccc(CN2CCCC2)cc1. The van der Waals surface area contributed by atoms with Crippen molar-refractivity contribution < 1.29 is 0 Å². The number of likely N-dealkylation sites (N-methyl/N-ethyl adjacent to an activating group) is 1. The van der Waals surface area contributed by atoms with Crippen molar-refractivity contribution in [3.05, 3.63) is 35.4 Å². The van der Waals surface area contributed by atoms with Gasteiger partial charge in [0.2, 0.25) is 0 Å². The van der Waals surface area contributed by atoms with Crippen molar-refractivity contribution in [2.75, 3.05) is 33.7 Å². The van der Waals surface area contributed by atoms with Gasteiger partial charge in [0, 0.05) is 13.1 Å². The number of rotatable bonds is 5. The molecule has 2 rings (SSSR count). The Morgan fingerprint density at radius 1 is 1.00 bits per heavy atom. The molecule has 0 atom stereocenters. The highest BCUT2D eigenvalue weighted by atomic mass is 15.1. The normalized spacial score (nSPS) is 16.9. The van der Waals surface area contributed by atoms with Gasteiger partial charge in [0.25, 0.3) is 0 Å². The second-order valence-electron chi connectivity index (χ2n) is 5.35. The lowest BCUT2D eigenvalue weighted by Crippen LogP contribution is -2.18. The third-order valence-corrected chi connectivity index (χ3v) is 3.48. The monoisotopic (exact) mass is 232 g/mol. The molecule has 1 fully saturated rings. The number of likely N-dealkylation sites (tertiary alicyclic amines) is 1. The molecule has 2 heteroatoms. The Morgan fingerprint density at radius 3 is 2.18 bits per heavy atom. The van der Waals surface area contributed by atoms with E-state index in [1.54, 1.807) is 0 Å². The van der Waals surface area contributed by atoms with Gasteiger partial charge in [-0.05, 0) is 57.6 Å². The van der Waals surface area contributed by atoms with Crippen LogP contribution in [-0.4, -0.2) is 43.5 Å². The second kappa shape index (κ2) is 6.18. The Morgan fingerprint density at radius 2 is 1.59 bits per heavy atom. The zero-order valence-electron chi connectivity index (χ0n) is 11.2. The summed E-state index contributed by atoms with van der Waals surface area (Å²) >= 11 is 0. The molecule has 94 valence electrons. The van der Waals surface area contributed by atoms with Gasteiger partial charge in [-0.2, -0.15) is 0 Å². The number of hydrogen-bond acceptors (Lipinski definition) is 2. The molecule has 0 saturated carbocycles. The minimum atomic E-state index is 1.13. The Balaban J connectivity index is 1.84. The average molecular weight is 232 g/mol. The number of nitrogens with zero attached hydrogens (tertiary/aromatic N) is 2. The molecule has 1 saturated heterocycles. The first kappa shape index (κ1) is 12.6. The molecule has 1 aromatic rings. The molecule has 0 aromatic heterocycles. The maximum Gasteiger partial charge on any atom is 0.0233 e. The molecule has 1 aliphatic heterocycles. The molecule has 2 nitrogen and oxygen atoms in total. The predicted molar refractivity (Wildman–Crippen MR) is 73.2 cm³/mol. The first-order valence-electron chi connectivity index (χ1n) is 6.69. The minimum Gasteiger partial charge on any atom is -0.309 e. The van der Waals surface area contributed by atoms with Crippen LogP contribution in [-0.2, 0) is 13.0 Å². The van der Waals surface area contributed by atoms with E-state index in [-0.39, 0.29) is 0 Å². The Hall–Kier alpha value is -0.860. The van der Waals surface area contributed by atoms with E-state index in [0.717, 1.165) is 19.5 Å². The summed E-state index contributed by atoms with van der Waals surface area (Å²) in [4.78, 5) is 4.78. The molecule has 0 N–H and O–H groups in total. The van der Waals surface area contributed by atoms with Crippen LogP contribution in [0.1, 0.15) is 24.0 Å². The minimum absolute atomic E-state index is 1.13. The smallest absolute Gasteiger partial charge is 0.0233 e. The summed E-state index contributed by atoms with van der Waals surface area (Å²) in [5.74, 6) is 0. The summed E-state index contributed by atoms with van der Waals surface area (Å²) in [6.45, 7) is 4.82. The van der Waals surface area contributed by atoms with Gasteiger partial charge in [-0.3, -0.25) is 4.90 Å². The van der Waals surface area contributed by atoms with Gasteiger partial charge < -0.3 is 4.90 Å². The lowest BCUT2D eigenvalue weighted by Gasteiger charge is -2.15. The molecule has 1 heterocycles. The standard InChI is InChI=1S/C15H24N2/c1-16(2)12-9-14-5-7-15(8-6-14)13-17-10-3-4-11-17/h5-8H,3-4,9-13H2,1-2H3. The molecular formula is C15H24N2. The highest BCUT2D eigenvalue weighted by Crippen LogP contribution is 2.13. The van der Waals surface area contributed by atoms with Gasteiger partial charge in [0.15, 0.2) is 0 Å². The van der Waals surface area contributed by atoms with E-state index < -0.39 is 0 Å². The zero-order chi connectivity index (χ0) is 12.1. The fraction of sp³-hybridized carbons (Fsp3) is 0.600. The van der Waals surface area contributed by atoms with Crippen LogP contribution in [0.2, 0.25) is 0 Å². The Labute approximate surface area is 105 Å². The topological polar surface area (TPSA) is 6.48 Å². The predicted octanol–water partition coefficient (Wildman–Crippen LogP) is 2.39. The van der Waals surface area contributed by atoms with Gasteiger partial charge in [-0.25, -0.2) is 0 Å². The van der Waals surface area contributed by atoms with Gasteiger partial charge in [0.05, 0.1) is 0 Å². The van der Waals surface area contributed by atoms with E-state index in [1.807, 2.05) is 0 Å². The van der Waals surface area contributed by atoms with Crippen molar-refractivity contribution in [3.8, 4) is 0 Å². The highest BCUT2D eigenvalue weighted by molar-refractivity contribution is 5.22. The molecule has 0 aliphatic carbocycles. The van der Waals surface area contributed by atoms with Crippen LogP contribution in [0.15, 0.2) is 24.3 Å². The number of hydrogen-bond donors (Lipinski definition) is 0. The van der Waals surface area contributed by atoms with Crippen molar-refractivity contribution in [1.82, 2.24) is 9.80 Å². The maximum absolute atomic E-state index is 2.55. The fourth-order valence-corrected chi connectivity index (χ4v) is 2.36. The van der Waals surface area contributed by atoms with E-state index in [0.29, 0.717) is 0 Å². The zero-order valence-corrected chi connectivity index (χ0v) is 11.2. The quantitative estimate of drug-likeness (QED) is 0.769. The first-order chi connectivity index (χ1) is 8.24. The first-order valence-corrected chi connectivity index (χ1v) is 6.69. The van der Waals surface area contributed by atoms with Crippen molar-refractivity contribution in [2.45, 2.75) is 25.8 Å². The van der Waals surface area contributed by atoms with Gasteiger partial charge in [0.1, 0.15) is 0 Å². The molecule has 0 radical (unpaired) electrons. The third-order valence-electron chi connectivity index (χ3n) is 3.48. The van der Waals surface area contributed by atoms with Crippen molar-refractivity contribution in [2.24, 2.45) is 0 Å². The fourth-order valence-electron chi connectivity index (χ4n) is 2.36. The molecule has 0 spiro atoms. The molecule has 0 unspecified atom stereocenters. The van der Waals surface area contributed by atoms with Gasteiger partial charge in [-0.1, -0.05) is 24.3 Å². The van der Waals surface area contributed by atoms with Crippen LogP contribution in [0, 0.1) is 0 Å². The third kappa shape index (κ3) is 4.14. The van der Waals surface area contributed by atoms with E-state index in [9.17, 15) is 0 Å². The largest absolute Gasteiger partial charge is 0.309 e. The van der Waals surface area contributed by atoms with E-state index >= 15 is 0 Å². The van der Waals surface area contributed by atoms with Crippen LogP contribution < -0.4 is 0 Å². The van der Waals surface area contributed by atoms with Crippen LogP contribution >= 0.6 is 0 Å². The lowest BCUT2D eigenvalue weighted by atomic mass is 10.1. The van der Waals surface area contributed by atoms with Crippen LogP contribution in [0.3, 0.4) is 0 Å². The summed E-state index contributed by atoms with van der Waals surface area (Å²) in [7, 11) is 4.25. The van der Waals surface area contributed by atoms with Crippen LogP contribution in [0.4, 0.5) is 0 Å².